The Morgan fingerprint density at radius 3 is 3.00 bits per heavy atom. The van der Waals surface area contributed by atoms with Gasteiger partial charge >= 0.3 is 0 Å². The number of aromatic nitrogens is 4. The zero-order valence-corrected chi connectivity index (χ0v) is 12.0. The highest BCUT2D eigenvalue weighted by atomic mass is 16.3. The summed E-state index contributed by atoms with van der Waals surface area (Å²) < 4.78 is 1.54. The van der Waals surface area contributed by atoms with Crippen molar-refractivity contribution in [1.82, 2.24) is 24.9 Å². The number of rotatable bonds is 2. The van der Waals surface area contributed by atoms with E-state index in [0.29, 0.717) is 17.0 Å². The molecule has 3 rings (SSSR count). The summed E-state index contributed by atoms with van der Waals surface area (Å²) in [5.41, 5.74) is 1.16. The smallest absolute Gasteiger partial charge is 0.255 e. The fraction of sp³-hybridized carbons (Fsp3) is 0.571. The van der Waals surface area contributed by atoms with E-state index in [-0.39, 0.29) is 11.9 Å². The van der Waals surface area contributed by atoms with Crippen LogP contribution in [0.15, 0.2) is 12.5 Å². The van der Waals surface area contributed by atoms with Gasteiger partial charge in [-0.3, -0.25) is 4.79 Å². The molecule has 21 heavy (non-hydrogen) atoms. The number of hydrogen-bond donors (Lipinski definition) is 2. The standard InChI is InChI=1S/C14H19N5O2/c1-9-10(7-15-14-16-8-17-19(9)14)13(21)18-11-5-3-2-4-6-12(11)20/h7-8,11-12,20H,2-6H2,1H3,(H,18,21). The molecule has 2 unspecified atom stereocenters. The van der Waals surface area contributed by atoms with Crippen LogP contribution in [-0.2, 0) is 0 Å². The van der Waals surface area contributed by atoms with Crippen LogP contribution < -0.4 is 5.32 Å². The third-order valence-electron chi connectivity index (χ3n) is 4.09. The summed E-state index contributed by atoms with van der Waals surface area (Å²) in [6.07, 6.45) is 7.15. The maximum absolute atomic E-state index is 12.4. The summed E-state index contributed by atoms with van der Waals surface area (Å²) in [6, 6.07) is -0.189. The number of aliphatic hydroxyl groups is 1. The second kappa shape index (κ2) is 5.77. The van der Waals surface area contributed by atoms with Crippen LogP contribution >= 0.6 is 0 Å². The summed E-state index contributed by atoms with van der Waals surface area (Å²) in [6.45, 7) is 1.81. The zero-order valence-electron chi connectivity index (χ0n) is 12.0. The van der Waals surface area contributed by atoms with Gasteiger partial charge in [0.1, 0.15) is 6.33 Å². The van der Waals surface area contributed by atoms with Crippen LogP contribution in [0.4, 0.5) is 0 Å². The summed E-state index contributed by atoms with van der Waals surface area (Å²) in [7, 11) is 0. The van der Waals surface area contributed by atoms with Crippen LogP contribution in [0.25, 0.3) is 5.78 Å². The summed E-state index contributed by atoms with van der Waals surface area (Å²) in [4.78, 5) is 20.5. The highest BCUT2D eigenvalue weighted by Gasteiger charge is 2.24. The lowest BCUT2D eigenvalue weighted by Gasteiger charge is -2.22. The Hall–Kier alpha value is -2.02. The molecule has 0 radical (unpaired) electrons. The largest absolute Gasteiger partial charge is 0.391 e. The molecule has 2 N–H and O–H groups in total. The Bertz CT molecular complexity index is 654. The minimum absolute atomic E-state index is 0.189. The van der Waals surface area contributed by atoms with E-state index in [1.807, 2.05) is 6.92 Å². The minimum atomic E-state index is -0.472. The number of aryl methyl sites for hydroxylation is 1. The lowest BCUT2D eigenvalue weighted by atomic mass is 10.1. The van der Waals surface area contributed by atoms with Crippen molar-refractivity contribution < 1.29 is 9.90 Å². The number of fused-ring (bicyclic) bond motifs is 1. The number of carbonyl (C=O) groups excluding carboxylic acids is 1. The molecule has 2 aromatic heterocycles. The molecule has 1 saturated carbocycles. The average molecular weight is 289 g/mol. The highest BCUT2D eigenvalue weighted by molar-refractivity contribution is 5.95. The topological polar surface area (TPSA) is 92.4 Å². The van der Waals surface area contributed by atoms with Gasteiger partial charge in [0.05, 0.1) is 23.4 Å². The number of hydrogen-bond acceptors (Lipinski definition) is 5. The van der Waals surface area contributed by atoms with Gasteiger partial charge in [-0.05, 0) is 19.8 Å². The quantitative estimate of drug-likeness (QED) is 0.800. The first-order chi connectivity index (χ1) is 10.2. The maximum atomic E-state index is 12.4. The Morgan fingerprint density at radius 2 is 2.14 bits per heavy atom. The van der Waals surface area contributed by atoms with Gasteiger partial charge in [-0.1, -0.05) is 19.3 Å². The zero-order chi connectivity index (χ0) is 14.8. The van der Waals surface area contributed by atoms with Gasteiger partial charge in [0.25, 0.3) is 11.7 Å². The number of carbonyl (C=O) groups is 1. The van der Waals surface area contributed by atoms with Gasteiger partial charge in [0, 0.05) is 6.20 Å². The molecular weight excluding hydrogens is 270 g/mol. The molecule has 2 atom stereocenters. The molecule has 1 fully saturated rings. The van der Waals surface area contributed by atoms with Crippen LogP contribution in [0.5, 0.6) is 0 Å². The highest BCUT2D eigenvalue weighted by Crippen LogP contribution is 2.18. The molecule has 7 nitrogen and oxygen atoms in total. The summed E-state index contributed by atoms with van der Waals surface area (Å²) >= 11 is 0. The van der Waals surface area contributed by atoms with Gasteiger partial charge in [-0.15, -0.1) is 0 Å². The van der Waals surface area contributed by atoms with Crippen LogP contribution in [0, 0.1) is 6.92 Å². The number of amides is 1. The molecular formula is C14H19N5O2. The fourth-order valence-corrected chi connectivity index (χ4v) is 2.82. The number of aliphatic hydroxyl groups excluding tert-OH is 1. The van der Waals surface area contributed by atoms with E-state index in [1.54, 1.807) is 4.52 Å². The molecule has 2 aromatic rings. The lowest BCUT2D eigenvalue weighted by molar-refractivity contribution is 0.0817. The fourth-order valence-electron chi connectivity index (χ4n) is 2.82. The first-order valence-electron chi connectivity index (χ1n) is 7.31. The second-order valence-corrected chi connectivity index (χ2v) is 5.51. The molecule has 0 bridgehead atoms. The van der Waals surface area contributed by atoms with Gasteiger partial charge in [0.15, 0.2) is 0 Å². The van der Waals surface area contributed by atoms with Crippen molar-refractivity contribution in [2.45, 2.75) is 51.2 Å². The molecule has 7 heteroatoms. The van der Waals surface area contributed by atoms with Crippen LogP contribution in [0.1, 0.15) is 48.2 Å². The van der Waals surface area contributed by atoms with Gasteiger partial charge in [-0.25, -0.2) is 9.50 Å². The molecule has 0 spiro atoms. The monoisotopic (exact) mass is 289 g/mol. The Morgan fingerprint density at radius 1 is 1.33 bits per heavy atom. The van der Waals surface area contributed by atoms with E-state index < -0.39 is 6.10 Å². The van der Waals surface area contributed by atoms with Crippen LogP contribution in [-0.4, -0.2) is 42.7 Å². The van der Waals surface area contributed by atoms with Crippen molar-refractivity contribution in [3.63, 3.8) is 0 Å². The summed E-state index contributed by atoms with van der Waals surface area (Å²) in [5.74, 6) is 0.252. The van der Waals surface area contributed by atoms with Gasteiger partial charge in [0.2, 0.25) is 0 Å². The van der Waals surface area contributed by atoms with Crippen LogP contribution in [0.2, 0.25) is 0 Å². The first-order valence-corrected chi connectivity index (χ1v) is 7.31. The van der Waals surface area contributed by atoms with Crippen molar-refractivity contribution in [3.05, 3.63) is 23.8 Å². The molecule has 1 aliphatic rings. The first kappa shape index (κ1) is 13.9. The molecule has 0 aliphatic heterocycles. The van der Waals surface area contributed by atoms with Crippen molar-refractivity contribution in [2.24, 2.45) is 0 Å². The van der Waals surface area contributed by atoms with E-state index in [2.05, 4.69) is 20.4 Å². The third-order valence-corrected chi connectivity index (χ3v) is 4.09. The van der Waals surface area contributed by atoms with E-state index >= 15 is 0 Å². The predicted molar refractivity (Wildman–Crippen MR) is 75.9 cm³/mol. The third kappa shape index (κ3) is 2.73. The SMILES string of the molecule is Cc1c(C(=O)NC2CCCCCC2O)cnc2ncnn12. The molecule has 0 aromatic carbocycles. The van der Waals surface area contributed by atoms with E-state index in [4.69, 9.17) is 0 Å². The average Bonchev–Trinajstić information content (AvgIpc) is 2.86. The van der Waals surface area contributed by atoms with E-state index in [0.717, 1.165) is 32.1 Å². The number of nitrogens with one attached hydrogen (secondary N) is 1. The van der Waals surface area contributed by atoms with Crippen molar-refractivity contribution in [3.8, 4) is 0 Å². The Labute approximate surface area is 122 Å². The molecule has 1 aliphatic carbocycles. The second-order valence-electron chi connectivity index (χ2n) is 5.51. The Kier molecular flexibility index (Phi) is 3.83. The lowest BCUT2D eigenvalue weighted by Crippen LogP contribution is -2.43. The Balaban J connectivity index is 1.81. The molecule has 0 saturated heterocycles. The van der Waals surface area contributed by atoms with Crippen LogP contribution in [0.3, 0.4) is 0 Å². The minimum Gasteiger partial charge on any atom is -0.391 e. The molecule has 2 heterocycles. The van der Waals surface area contributed by atoms with Gasteiger partial charge < -0.3 is 10.4 Å². The van der Waals surface area contributed by atoms with Crippen molar-refractivity contribution >= 4 is 11.7 Å². The molecule has 1 amide bonds. The summed E-state index contributed by atoms with van der Waals surface area (Å²) in [5, 5.41) is 17.1. The van der Waals surface area contributed by atoms with Gasteiger partial charge in [-0.2, -0.15) is 10.1 Å². The maximum Gasteiger partial charge on any atom is 0.255 e. The van der Waals surface area contributed by atoms with Crippen molar-refractivity contribution in [2.75, 3.05) is 0 Å². The number of nitrogens with zero attached hydrogens (tertiary/aromatic N) is 4. The molecule has 112 valence electrons. The van der Waals surface area contributed by atoms with Crippen molar-refractivity contribution in [1.29, 1.82) is 0 Å². The normalized spacial score (nSPS) is 23.0. The predicted octanol–water partition coefficient (Wildman–Crippen LogP) is 0.856. The van der Waals surface area contributed by atoms with E-state index in [9.17, 15) is 9.90 Å². The van der Waals surface area contributed by atoms with E-state index in [1.165, 1.54) is 12.5 Å².